The van der Waals surface area contributed by atoms with E-state index < -0.39 is 0 Å². The van der Waals surface area contributed by atoms with Gasteiger partial charge in [0.1, 0.15) is 6.10 Å². The molecular formula is C18H22N4O2. The number of amides is 1. The standard InChI is InChI=1S/C18H22N4O2/c1-12(2)13-5-7-14(8-6-13)19-16-9-10-17(22-21-16)20-18(23)15-4-3-11-24-15/h5-10,12,15H,3-4,11H2,1-2H3,(H,19,21)(H,20,22,23). The number of anilines is 3. The van der Waals surface area contributed by atoms with Crippen LogP contribution >= 0.6 is 0 Å². The van der Waals surface area contributed by atoms with Crippen molar-refractivity contribution in [3.8, 4) is 0 Å². The number of carbonyl (C=O) groups excluding carboxylic acids is 1. The molecule has 1 aliphatic rings. The molecule has 2 heterocycles. The third-order valence-electron chi connectivity index (χ3n) is 3.99. The molecule has 6 heteroatoms. The van der Waals surface area contributed by atoms with Crippen LogP contribution in [0.5, 0.6) is 0 Å². The highest BCUT2D eigenvalue weighted by Gasteiger charge is 2.23. The van der Waals surface area contributed by atoms with Crippen LogP contribution in [0.2, 0.25) is 0 Å². The molecule has 3 rings (SSSR count). The molecule has 1 aromatic carbocycles. The summed E-state index contributed by atoms with van der Waals surface area (Å²) in [7, 11) is 0. The van der Waals surface area contributed by atoms with E-state index in [2.05, 4.69) is 46.8 Å². The fourth-order valence-corrected chi connectivity index (χ4v) is 2.56. The van der Waals surface area contributed by atoms with Crippen LogP contribution < -0.4 is 10.6 Å². The monoisotopic (exact) mass is 326 g/mol. The number of nitrogens with one attached hydrogen (secondary N) is 2. The van der Waals surface area contributed by atoms with Gasteiger partial charge >= 0.3 is 0 Å². The number of rotatable bonds is 5. The Labute approximate surface area is 141 Å². The predicted octanol–water partition coefficient (Wildman–Crippen LogP) is 3.46. The topological polar surface area (TPSA) is 76.1 Å². The van der Waals surface area contributed by atoms with E-state index in [1.54, 1.807) is 12.1 Å². The van der Waals surface area contributed by atoms with Gasteiger partial charge in [-0.15, -0.1) is 10.2 Å². The second kappa shape index (κ2) is 7.40. The fraction of sp³-hybridized carbons (Fsp3) is 0.389. The SMILES string of the molecule is CC(C)c1ccc(Nc2ccc(NC(=O)C3CCCO3)nn2)cc1. The Morgan fingerprint density at radius 3 is 2.42 bits per heavy atom. The van der Waals surface area contributed by atoms with E-state index in [-0.39, 0.29) is 12.0 Å². The molecule has 1 amide bonds. The zero-order valence-electron chi connectivity index (χ0n) is 14.0. The summed E-state index contributed by atoms with van der Waals surface area (Å²) in [5, 5.41) is 14.1. The van der Waals surface area contributed by atoms with Gasteiger partial charge in [-0.25, -0.2) is 0 Å². The highest BCUT2D eigenvalue weighted by atomic mass is 16.5. The normalized spacial score (nSPS) is 17.0. The van der Waals surface area contributed by atoms with E-state index in [9.17, 15) is 4.79 Å². The number of nitrogens with zero attached hydrogens (tertiary/aromatic N) is 2. The zero-order chi connectivity index (χ0) is 16.9. The number of carbonyl (C=O) groups is 1. The van der Waals surface area contributed by atoms with E-state index in [0.717, 1.165) is 18.5 Å². The summed E-state index contributed by atoms with van der Waals surface area (Å²) < 4.78 is 5.34. The Bertz CT molecular complexity index is 677. The third-order valence-corrected chi connectivity index (χ3v) is 3.99. The summed E-state index contributed by atoms with van der Waals surface area (Å²) in [6.45, 7) is 4.97. The minimum absolute atomic E-state index is 0.160. The lowest BCUT2D eigenvalue weighted by Crippen LogP contribution is -2.27. The zero-order valence-corrected chi connectivity index (χ0v) is 14.0. The summed E-state index contributed by atoms with van der Waals surface area (Å²) >= 11 is 0. The van der Waals surface area contributed by atoms with Crippen molar-refractivity contribution in [2.75, 3.05) is 17.2 Å². The van der Waals surface area contributed by atoms with Crippen LogP contribution in [-0.2, 0) is 9.53 Å². The number of benzene rings is 1. The molecule has 1 aromatic heterocycles. The van der Waals surface area contributed by atoms with E-state index in [4.69, 9.17) is 4.74 Å². The molecule has 1 unspecified atom stereocenters. The Morgan fingerprint density at radius 1 is 1.12 bits per heavy atom. The Balaban J connectivity index is 1.58. The van der Waals surface area contributed by atoms with Crippen LogP contribution in [0.25, 0.3) is 0 Å². The van der Waals surface area contributed by atoms with Crippen LogP contribution in [0.4, 0.5) is 17.3 Å². The fourth-order valence-electron chi connectivity index (χ4n) is 2.56. The van der Waals surface area contributed by atoms with Gasteiger partial charge in [0.2, 0.25) is 0 Å². The first-order valence-electron chi connectivity index (χ1n) is 8.25. The maximum absolute atomic E-state index is 12.0. The second-order valence-electron chi connectivity index (χ2n) is 6.20. The van der Waals surface area contributed by atoms with Crippen molar-refractivity contribution >= 4 is 23.2 Å². The highest BCUT2D eigenvalue weighted by molar-refractivity contribution is 5.93. The number of ether oxygens (including phenoxy) is 1. The summed E-state index contributed by atoms with van der Waals surface area (Å²) in [4.78, 5) is 12.0. The van der Waals surface area contributed by atoms with E-state index >= 15 is 0 Å². The predicted molar refractivity (Wildman–Crippen MR) is 93.4 cm³/mol. The van der Waals surface area contributed by atoms with Crippen molar-refractivity contribution in [1.82, 2.24) is 10.2 Å². The molecule has 0 radical (unpaired) electrons. The van der Waals surface area contributed by atoms with Crippen molar-refractivity contribution < 1.29 is 9.53 Å². The molecule has 6 nitrogen and oxygen atoms in total. The van der Waals surface area contributed by atoms with Crippen LogP contribution in [0.3, 0.4) is 0 Å². The molecule has 24 heavy (non-hydrogen) atoms. The molecule has 2 aromatic rings. The highest BCUT2D eigenvalue weighted by Crippen LogP contribution is 2.20. The molecular weight excluding hydrogens is 304 g/mol. The maximum Gasteiger partial charge on any atom is 0.254 e. The summed E-state index contributed by atoms with van der Waals surface area (Å²) in [5.74, 6) is 1.40. The lowest BCUT2D eigenvalue weighted by atomic mass is 10.0. The van der Waals surface area contributed by atoms with E-state index in [0.29, 0.717) is 24.2 Å². The number of aromatic nitrogens is 2. The molecule has 126 valence electrons. The third kappa shape index (κ3) is 4.08. The number of hydrogen-bond acceptors (Lipinski definition) is 5. The van der Waals surface area contributed by atoms with E-state index in [1.165, 1.54) is 5.56 Å². The molecule has 1 atom stereocenters. The molecule has 1 aliphatic heterocycles. The van der Waals surface area contributed by atoms with Gasteiger partial charge in [-0.3, -0.25) is 4.79 Å². The first-order valence-corrected chi connectivity index (χ1v) is 8.25. The smallest absolute Gasteiger partial charge is 0.254 e. The van der Waals surface area contributed by atoms with Crippen molar-refractivity contribution in [1.29, 1.82) is 0 Å². The summed E-state index contributed by atoms with van der Waals surface area (Å²) in [5.41, 5.74) is 2.24. The minimum atomic E-state index is -0.371. The van der Waals surface area contributed by atoms with Crippen LogP contribution in [-0.4, -0.2) is 28.8 Å². The first kappa shape index (κ1) is 16.4. The van der Waals surface area contributed by atoms with Crippen LogP contribution in [0.1, 0.15) is 38.2 Å². The average Bonchev–Trinajstić information content (AvgIpc) is 3.12. The van der Waals surface area contributed by atoms with Gasteiger partial charge in [0.25, 0.3) is 5.91 Å². The Hall–Kier alpha value is -2.47. The van der Waals surface area contributed by atoms with E-state index in [1.807, 2.05) is 12.1 Å². The average molecular weight is 326 g/mol. The molecule has 1 saturated heterocycles. The summed E-state index contributed by atoms with van der Waals surface area (Å²) in [6.07, 6.45) is 1.30. The Kier molecular flexibility index (Phi) is 5.05. The quantitative estimate of drug-likeness (QED) is 0.880. The van der Waals surface area contributed by atoms with Gasteiger partial charge < -0.3 is 15.4 Å². The first-order chi connectivity index (χ1) is 11.6. The molecule has 1 fully saturated rings. The maximum atomic E-state index is 12.0. The minimum Gasteiger partial charge on any atom is -0.368 e. The van der Waals surface area contributed by atoms with Gasteiger partial charge in [-0.2, -0.15) is 0 Å². The van der Waals surface area contributed by atoms with Crippen molar-refractivity contribution in [2.45, 2.75) is 38.7 Å². The van der Waals surface area contributed by atoms with Gasteiger partial charge in [0.05, 0.1) is 0 Å². The molecule has 0 saturated carbocycles. The van der Waals surface area contributed by atoms with Gasteiger partial charge in [-0.05, 0) is 48.6 Å². The van der Waals surface area contributed by atoms with Crippen molar-refractivity contribution in [3.63, 3.8) is 0 Å². The molecule has 0 bridgehead atoms. The largest absolute Gasteiger partial charge is 0.368 e. The summed E-state index contributed by atoms with van der Waals surface area (Å²) in [6, 6.07) is 11.7. The Morgan fingerprint density at radius 2 is 1.83 bits per heavy atom. The number of hydrogen-bond donors (Lipinski definition) is 2. The molecule has 0 spiro atoms. The molecule has 2 N–H and O–H groups in total. The lowest BCUT2D eigenvalue weighted by molar-refractivity contribution is -0.124. The molecule has 0 aliphatic carbocycles. The second-order valence-corrected chi connectivity index (χ2v) is 6.20. The van der Waals surface area contributed by atoms with Crippen LogP contribution in [0.15, 0.2) is 36.4 Å². The lowest BCUT2D eigenvalue weighted by Gasteiger charge is -2.10. The van der Waals surface area contributed by atoms with Gasteiger partial charge in [-0.1, -0.05) is 26.0 Å². The van der Waals surface area contributed by atoms with Gasteiger partial charge in [0, 0.05) is 12.3 Å². The van der Waals surface area contributed by atoms with Crippen molar-refractivity contribution in [3.05, 3.63) is 42.0 Å². The van der Waals surface area contributed by atoms with Gasteiger partial charge in [0.15, 0.2) is 11.6 Å². The van der Waals surface area contributed by atoms with Crippen LogP contribution in [0, 0.1) is 0 Å². The van der Waals surface area contributed by atoms with Crippen molar-refractivity contribution in [2.24, 2.45) is 0 Å².